The number of halogens is 3. The van der Waals surface area contributed by atoms with E-state index in [2.05, 4.69) is 25.8 Å². The molecule has 196 valence electrons. The molecule has 1 unspecified atom stereocenters. The summed E-state index contributed by atoms with van der Waals surface area (Å²) < 4.78 is 40.6. The molecule has 1 aliphatic heterocycles. The fraction of sp³-hybridized carbons (Fsp3) is 0.310. The molecule has 6 nitrogen and oxygen atoms in total. The van der Waals surface area contributed by atoms with Gasteiger partial charge in [0.15, 0.2) is 0 Å². The van der Waals surface area contributed by atoms with Gasteiger partial charge in [-0.05, 0) is 69.1 Å². The van der Waals surface area contributed by atoms with Crippen LogP contribution in [0.15, 0.2) is 66.9 Å². The van der Waals surface area contributed by atoms with E-state index in [1.54, 1.807) is 18.3 Å². The highest BCUT2D eigenvalue weighted by atomic mass is 19.4. The second-order valence-electron chi connectivity index (χ2n) is 9.58. The maximum Gasteiger partial charge on any atom is 0.416 e. The molecule has 2 N–H and O–H groups in total. The Morgan fingerprint density at radius 1 is 0.974 bits per heavy atom. The lowest BCUT2D eigenvalue weighted by molar-refractivity contribution is -0.137. The smallest absolute Gasteiger partial charge is 0.348 e. The van der Waals surface area contributed by atoms with Gasteiger partial charge in [-0.25, -0.2) is 9.97 Å². The average Bonchev–Trinajstić information content (AvgIpc) is 2.93. The summed E-state index contributed by atoms with van der Waals surface area (Å²) in [6, 6.07) is 16.9. The summed E-state index contributed by atoms with van der Waals surface area (Å²) in [5.74, 6) is 0.643. The van der Waals surface area contributed by atoms with Crippen LogP contribution in [0.1, 0.15) is 54.1 Å². The van der Waals surface area contributed by atoms with Crippen LogP contribution >= 0.6 is 0 Å². The van der Waals surface area contributed by atoms with Crippen molar-refractivity contribution in [2.75, 3.05) is 18.4 Å². The molecule has 38 heavy (non-hydrogen) atoms. The van der Waals surface area contributed by atoms with Crippen LogP contribution in [-0.2, 0) is 6.18 Å². The van der Waals surface area contributed by atoms with Crippen molar-refractivity contribution in [2.24, 2.45) is 0 Å². The molecule has 0 spiro atoms. The molecule has 0 amide bonds. The number of piperidine rings is 1. The van der Waals surface area contributed by atoms with E-state index in [4.69, 9.17) is 4.98 Å². The van der Waals surface area contributed by atoms with Gasteiger partial charge in [-0.3, -0.25) is 0 Å². The number of nitrogens with zero attached hydrogens (tertiary/aromatic N) is 4. The van der Waals surface area contributed by atoms with E-state index in [0.717, 1.165) is 54.9 Å². The summed E-state index contributed by atoms with van der Waals surface area (Å²) >= 11 is 0. The number of hydrogen-bond acceptors (Lipinski definition) is 6. The van der Waals surface area contributed by atoms with Gasteiger partial charge in [-0.2, -0.15) is 18.3 Å². The molecule has 5 rings (SSSR count). The lowest BCUT2D eigenvalue weighted by Gasteiger charge is -2.25. The summed E-state index contributed by atoms with van der Waals surface area (Å²) in [5.41, 5.74) is 4.05. The van der Waals surface area contributed by atoms with E-state index in [1.165, 1.54) is 6.07 Å². The van der Waals surface area contributed by atoms with E-state index >= 15 is 0 Å². The van der Waals surface area contributed by atoms with Gasteiger partial charge in [-0.15, -0.1) is 5.10 Å². The monoisotopic (exact) mass is 518 g/mol. The molecule has 0 aliphatic carbocycles. The fourth-order valence-corrected chi connectivity index (χ4v) is 4.96. The van der Waals surface area contributed by atoms with Crippen LogP contribution in [0, 0.1) is 6.92 Å². The van der Waals surface area contributed by atoms with Crippen molar-refractivity contribution in [3.63, 3.8) is 0 Å². The summed E-state index contributed by atoms with van der Waals surface area (Å²) in [6.45, 7) is 5.75. The molecular formula is C29H29F3N6. The highest BCUT2D eigenvalue weighted by Crippen LogP contribution is 2.39. The molecule has 0 saturated carbocycles. The van der Waals surface area contributed by atoms with Crippen LogP contribution < -0.4 is 10.6 Å². The predicted molar refractivity (Wildman–Crippen MR) is 142 cm³/mol. The van der Waals surface area contributed by atoms with E-state index in [9.17, 15) is 13.2 Å². The van der Waals surface area contributed by atoms with Crippen molar-refractivity contribution in [1.82, 2.24) is 25.5 Å². The molecule has 2 aromatic carbocycles. The van der Waals surface area contributed by atoms with Crippen molar-refractivity contribution in [2.45, 2.75) is 44.8 Å². The Labute approximate surface area is 219 Å². The lowest BCUT2D eigenvalue weighted by Crippen LogP contribution is -2.27. The standard InChI is InChI=1S/C29H29F3N6/c1-18-25(24-13-16-34-28(36-24)35-19(2)20-7-4-3-5-8-20)27(22-9-6-10-23(17-22)29(30,31)32)38-37-26(18)21-11-14-33-15-12-21/h3-10,13,16-17,19,21,33H,11-12,14-15H2,1-2H3,(H,34,35,36). The number of hydrogen-bond donors (Lipinski definition) is 2. The second-order valence-corrected chi connectivity index (χ2v) is 9.58. The number of benzene rings is 2. The minimum Gasteiger partial charge on any atom is -0.348 e. The SMILES string of the molecule is Cc1c(C2CCNCC2)nnc(-c2cccc(C(F)(F)F)c2)c1-c1ccnc(NC(C)c2ccccc2)n1. The van der Waals surface area contributed by atoms with E-state index in [-0.39, 0.29) is 12.0 Å². The largest absolute Gasteiger partial charge is 0.416 e. The quantitative estimate of drug-likeness (QED) is 0.301. The molecule has 2 aromatic heterocycles. The van der Waals surface area contributed by atoms with Crippen LogP contribution in [0.4, 0.5) is 19.1 Å². The number of aromatic nitrogens is 4. The first-order valence-electron chi connectivity index (χ1n) is 12.7. The van der Waals surface area contributed by atoms with Gasteiger partial charge in [-0.1, -0.05) is 42.5 Å². The van der Waals surface area contributed by atoms with Crippen LogP contribution in [0.25, 0.3) is 22.5 Å². The van der Waals surface area contributed by atoms with Crippen molar-refractivity contribution in [1.29, 1.82) is 0 Å². The molecule has 1 fully saturated rings. The highest BCUT2D eigenvalue weighted by Gasteiger charge is 2.31. The van der Waals surface area contributed by atoms with E-state index in [0.29, 0.717) is 28.5 Å². The summed E-state index contributed by atoms with van der Waals surface area (Å²) in [6.07, 6.45) is -0.971. The third kappa shape index (κ3) is 5.52. The van der Waals surface area contributed by atoms with Crippen LogP contribution in [0.5, 0.6) is 0 Å². The third-order valence-electron chi connectivity index (χ3n) is 7.00. The second kappa shape index (κ2) is 10.9. The van der Waals surface area contributed by atoms with Gasteiger partial charge >= 0.3 is 6.18 Å². The Morgan fingerprint density at radius 2 is 1.74 bits per heavy atom. The molecule has 4 aromatic rings. The van der Waals surface area contributed by atoms with Crippen LogP contribution in [-0.4, -0.2) is 33.3 Å². The molecule has 1 saturated heterocycles. The molecule has 1 aliphatic rings. The minimum atomic E-state index is -4.47. The van der Waals surface area contributed by atoms with Crippen molar-refractivity contribution < 1.29 is 13.2 Å². The number of nitrogens with one attached hydrogen (secondary N) is 2. The van der Waals surface area contributed by atoms with Crippen LogP contribution in [0.3, 0.4) is 0 Å². The van der Waals surface area contributed by atoms with Gasteiger partial charge in [0.2, 0.25) is 5.95 Å². The fourth-order valence-electron chi connectivity index (χ4n) is 4.96. The third-order valence-corrected chi connectivity index (χ3v) is 7.00. The molecular weight excluding hydrogens is 489 g/mol. The minimum absolute atomic E-state index is 0.0450. The Balaban J connectivity index is 1.60. The van der Waals surface area contributed by atoms with Gasteiger partial charge in [0.25, 0.3) is 0 Å². The summed E-state index contributed by atoms with van der Waals surface area (Å²) in [5, 5.41) is 15.8. The van der Waals surface area contributed by atoms with Gasteiger partial charge < -0.3 is 10.6 Å². The first kappa shape index (κ1) is 25.8. The Morgan fingerprint density at radius 3 is 2.47 bits per heavy atom. The van der Waals surface area contributed by atoms with Crippen molar-refractivity contribution in [3.05, 3.63) is 89.2 Å². The van der Waals surface area contributed by atoms with E-state index in [1.807, 2.05) is 44.2 Å². The average molecular weight is 519 g/mol. The normalized spacial score (nSPS) is 15.3. The summed E-state index contributed by atoms with van der Waals surface area (Å²) in [7, 11) is 0. The van der Waals surface area contributed by atoms with Gasteiger partial charge in [0, 0.05) is 23.2 Å². The topological polar surface area (TPSA) is 75.6 Å². The molecule has 0 bridgehead atoms. The maximum atomic E-state index is 13.5. The number of rotatable bonds is 6. The molecule has 9 heteroatoms. The first-order chi connectivity index (χ1) is 18.3. The Hall–Kier alpha value is -3.85. The summed E-state index contributed by atoms with van der Waals surface area (Å²) in [4.78, 5) is 9.19. The van der Waals surface area contributed by atoms with Crippen molar-refractivity contribution >= 4 is 5.95 Å². The lowest BCUT2D eigenvalue weighted by atomic mass is 9.88. The Kier molecular flexibility index (Phi) is 7.37. The zero-order chi connectivity index (χ0) is 26.7. The molecule has 0 radical (unpaired) electrons. The van der Waals surface area contributed by atoms with Gasteiger partial charge in [0.1, 0.15) is 5.69 Å². The zero-order valence-electron chi connectivity index (χ0n) is 21.3. The molecule has 1 atom stereocenters. The highest BCUT2D eigenvalue weighted by molar-refractivity contribution is 5.82. The number of anilines is 1. The molecule has 3 heterocycles. The van der Waals surface area contributed by atoms with Crippen LogP contribution in [0.2, 0.25) is 0 Å². The first-order valence-corrected chi connectivity index (χ1v) is 12.7. The van der Waals surface area contributed by atoms with E-state index < -0.39 is 11.7 Å². The van der Waals surface area contributed by atoms with Gasteiger partial charge in [0.05, 0.1) is 23.0 Å². The predicted octanol–water partition coefficient (Wildman–Crippen LogP) is 6.57. The van der Waals surface area contributed by atoms with Crippen molar-refractivity contribution in [3.8, 4) is 22.5 Å². The zero-order valence-corrected chi connectivity index (χ0v) is 21.3. The number of alkyl halides is 3. The maximum absolute atomic E-state index is 13.5. The Bertz CT molecular complexity index is 1400.